The van der Waals surface area contributed by atoms with Gasteiger partial charge in [-0.25, -0.2) is 4.79 Å². The van der Waals surface area contributed by atoms with Crippen molar-refractivity contribution in [2.75, 3.05) is 19.4 Å². The van der Waals surface area contributed by atoms with E-state index < -0.39 is 0 Å². The summed E-state index contributed by atoms with van der Waals surface area (Å²) in [5.41, 5.74) is 4.35. The van der Waals surface area contributed by atoms with Crippen molar-refractivity contribution in [3.63, 3.8) is 0 Å². The third-order valence-corrected chi connectivity index (χ3v) is 5.39. The maximum absolute atomic E-state index is 12.9. The summed E-state index contributed by atoms with van der Waals surface area (Å²) in [6, 6.07) is 7.89. The van der Waals surface area contributed by atoms with Gasteiger partial charge in [0, 0.05) is 62.6 Å². The first-order valence-corrected chi connectivity index (χ1v) is 10.5. The summed E-state index contributed by atoms with van der Waals surface area (Å²) < 4.78 is 2.00. The molecule has 0 radical (unpaired) electrons. The lowest BCUT2D eigenvalue weighted by molar-refractivity contribution is 0.0943. The number of rotatable bonds is 6. The van der Waals surface area contributed by atoms with Gasteiger partial charge in [0.15, 0.2) is 5.69 Å². The van der Waals surface area contributed by atoms with E-state index >= 15 is 0 Å². The van der Waals surface area contributed by atoms with E-state index in [1.165, 1.54) is 10.6 Å². The van der Waals surface area contributed by atoms with Crippen molar-refractivity contribution in [3.8, 4) is 0 Å². The zero-order valence-corrected chi connectivity index (χ0v) is 18.5. The number of carbonyl (C=O) groups excluding carboxylic acids is 2. The highest BCUT2D eigenvalue weighted by Crippen LogP contribution is 2.24. The van der Waals surface area contributed by atoms with E-state index in [4.69, 9.17) is 0 Å². The largest absolute Gasteiger partial charge is 0.347 e. The molecular weight excluding hydrogens is 380 g/mol. The second-order valence-electron chi connectivity index (χ2n) is 8.21. The number of nitrogens with one attached hydrogen (secondary N) is 3. The average Bonchev–Trinajstić information content (AvgIpc) is 3.12. The van der Waals surface area contributed by atoms with Crippen LogP contribution in [0.3, 0.4) is 0 Å². The topological polar surface area (TPSA) is 91.3 Å². The van der Waals surface area contributed by atoms with E-state index in [0.717, 1.165) is 24.0 Å². The Morgan fingerprint density at radius 2 is 1.97 bits per heavy atom. The van der Waals surface area contributed by atoms with Gasteiger partial charge in [-0.2, -0.15) is 5.10 Å². The third-order valence-electron chi connectivity index (χ3n) is 5.39. The lowest BCUT2D eigenvalue weighted by Crippen LogP contribution is -2.36. The normalized spacial score (nSPS) is 15.6. The summed E-state index contributed by atoms with van der Waals surface area (Å²) in [5.74, 6) is -0.160. The molecule has 30 heavy (non-hydrogen) atoms. The van der Waals surface area contributed by atoms with Gasteiger partial charge in [0.05, 0.1) is 0 Å². The lowest BCUT2D eigenvalue weighted by Gasteiger charge is -2.24. The summed E-state index contributed by atoms with van der Waals surface area (Å²) in [6.45, 7) is 7.42. The average molecular weight is 413 g/mol. The van der Waals surface area contributed by atoms with Crippen LogP contribution in [0.25, 0.3) is 0 Å². The van der Waals surface area contributed by atoms with Gasteiger partial charge in [-0.15, -0.1) is 0 Å². The van der Waals surface area contributed by atoms with Crippen LogP contribution in [0.1, 0.15) is 60.5 Å². The van der Waals surface area contributed by atoms with Crippen molar-refractivity contribution in [2.24, 2.45) is 0 Å². The second kappa shape index (κ2) is 9.30. The summed E-state index contributed by atoms with van der Waals surface area (Å²) in [4.78, 5) is 26.1. The fraction of sp³-hybridized carbons (Fsp3) is 0.500. The van der Waals surface area contributed by atoms with Gasteiger partial charge in [0.25, 0.3) is 5.91 Å². The van der Waals surface area contributed by atoms with Crippen LogP contribution in [0.4, 0.5) is 10.5 Å². The lowest BCUT2D eigenvalue weighted by atomic mass is 9.98. The number of benzene rings is 1. The first kappa shape index (κ1) is 21.8. The van der Waals surface area contributed by atoms with Crippen molar-refractivity contribution >= 4 is 17.6 Å². The second-order valence-corrected chi connectivity index (χ2v) is 8.21. The monoisotopic (exact) mass is 412 g/mol. The number of nitrogens with zero attached hydrogens (tertiary/aromatic N) is 3. The van der Waals surface area contributed by atoms with Crippen LogP contribution in [-0.2, 0) is 19.5 Å². The number of amides is 3. The Balaban J connectivity index is 1.67. The molecule has 1 aliphatic heterocycles. The smallest absolute Gasteiger partial charge is 0.321 e. The Morgan fingerprint density at radius 3 is 2.57 bits per heavy atom. The van der Waals surface area contributed by atoms with Crippen molar-refractivity contribution in [1.82, 2.24) is 25.3 Å². The quantitative estimate of drug-likeness (QED) is 0.680. The zero-order chi connectivity index (χ0) is 21.8. The predicted molar refractivity (Wildman–Crippen MR) is 118 cm³/mol. The fourth-order valence-corrected chi connectivity index (χ4v) is 3.56. The highest BCUT2D eigenvalue weighted by molar-refractivity contribution is 5.94. The molecular formula is C22H32N6O2. The Kier molecular flexibility index (Phi) is 6.77. The number of hydrogen-bond acceptors (Lipinski definition) is 4. The molecule has 8 nitrogen and oxygen atoms in total. The van der Waals surface area contributed by atoms with E-state index in [0.29, 0.717) is 30.5 Å². The van der Waals surface area contributed by atoms with E-state index in [9.17, 15) is 9.59 Å². The maximum atomic E-state index is 12.9. The van der Waals surface area contributed by atoms with E-state index in [1.54, 1.807) is 14.1 Å². The molecule has 0 spiro atoms. The van der Waals surface area contributed by atoms with Crippen LogP contribution in [0.5, 0.6) is 0 Å². The summed E-state index contributed by atoms with van der Waals surface area (Å²) >= 11 is 0. The van der Waals surface area contributed by atoms with Crippen LogP contribution in [0.2, 0.25) is 0 Å². The van der Waals surface area contributed by atoms with E-state index in [1.807, 2.05) is 28.9 Å². The Morgan fingerprint density at radius 1 is 1.27 bits per heavy atom. The molecule has 0 saturated carbocycles. The molecule has 1 aromatic carbocycles. The molecule has 1 aliphatic rings. The van der Waals surface area contributed by atoms with E-state index in [-0.39, 0.29) is 18.0 Å². The highest BCUT2D eigenvalue weighted by atomic mass is 16.2. The minimum absolute atomic E-state index is 0.160. The van der Waals surface area contributed by atoms with Crippen molar-refractivity contribution in [3.05, 3.63) is 46.8 Å². The van der Waals surface area contributed by atoms with Gasteiger partial charge in [-0.05, 0) is 38.0 Å². The van der Waals surface area contributed by atoms with Crippen LogP contribution < -0.4 is 16.0 Å². The van der Waals surface area contributed by atoms with Crippen LogP contribution in [0, 0.1) is 0 Å². The Bertz CT molecular complexity index is 901. The van der Waals surface area contributed by atoms with E-state index in [2.05, 4.69) is 41.8 Å². The molecule has 2 aromatic rings. The third kappa shape index (κ3) is 4.81. The first-order chi connectivity index (χ1) is 14.3. The standard InChI is InChI=1S/C22H32N6O2/c1-6-16-11-19-18(13-23-16)20(26-28(19)14(2)3)21(29)24-12-15-7-9-17(10-8-15)25-22(30)27(4)5/h7-10,14,16,23H,6,11-13H2,1-5H3,(H,24,29)(H,25,30). The molecule has 0 aliphatic carbocycles. The number of fused-ring (bicyclic) bond motifs is 1. The molecule has 1 unspecified atom stereocenters. The minimum Gasteiger partial charge on any atom is -0.347 e. The molecule has 0 fully saturated rings. The SMILES string of the molecule is CCC1Cc2c(c(C(=O)NCc3ccc(NC(=O)N(C)C)cc3)nn2C(C)C)CN1. The Hall–Kier alpha value is -2.87. The summed E-state index contributed by atoms with van der Waals surface area (Å²) in [7, 11) is 3.38. The number of carbonyl (C=O) groups is 2. The van der Waals surface area contributed by atoms with Crippen molar-refractivity contribution < 1.29 is 9.59 Å². The molecule has 1 aromatic heterocycles. The molecule has 3 amide bonds. The fourth-order valence-electron chi connectivity index (χ4n) is 3.56. The molecule has 1 atom stereocenters. The molecule has 2 heterocycles. The van der Waals surface area contributed by atoms with Gasteiger partial charge < -0.3 is 20.9 Å². The van der Waals surface area contributed by atoms with Crippen LogP contribution >= 0.6 is 0 Å². The number of urea groups is 1. The summed E-state index contributed by atoms with van der Waals surface area (Å²) in [5, 5.41) is 13.9. The van der Waals surface area contributed by atoms with Gasteiger partial charge in [0.1, 0.15) is 0 Å². The van der Waals surface area contributed by atoms with Gasteiger partial charge in [0.2, 0.25) is 0 Å². The Labute approximate surface area is 178 Å². The van der Waals surface area contributed by atoms with Gasteiger partial charge in [-0.1, -0.05) is 19.1 Å². The molecule has 0 saturated heterocycles. The van der Waals surface area contributed by atoms with Crippen LogP contribution in [-0.4, -0.2) is 46.8 Å². The van der Waals surface area contributed by atoms with Crippen LogP contribution in [0.15, 0.2) is 24.3 Å². The molecule has 3 rings (SSSR count). The van der Waals surface area contributed by atoms with Crippen molar-refractivity contribution in [2.45, 2.75) is 58.8 Å². The molecule has 0 bridgehead atoms. The van der Waals surface area contributed by atoms with Crippen molar-refractivity contribution in [1.29, 1.82) is 0 Å². The first-order valence-electron chi connectivity index (χ1n) is 10.5. The number of hydrogen-bond donors (Lipinski definition) is 3. The van der Waals surface area contributed by atoms with Gasteiger partial charge in [-0.3, -0.25) is 9.48 Å². The maximum Gasteiger partial charge on any atom is 0.321 e. The molecule has 3 N–H and O–H groups in total. The summed E-state index contributed by atoms with van der Waals surface area (Å²) in [6.07, 6.45) is 1.94. The molecule has 162 valence electrons. The van der Waals surface area contributed by atoms with Gasteiger partial charge >= 0.3 is 6.03 Å². The molecule has 8 heteroatoms. The highest BCUT2D eigenvalue weighted by Gasteiger charge is 2.28. The minimum atomic E-state index is -0.180. The predicted octanol–water partition coefficient (Wildman–Crippen LogP) is 2.91. The number of anilines is 1. The number of aromatic nitrogens is 2. The zero-order valence-electron chi connectivity index (χ0n) is 18.5.